The van der Waals surface area contributed by atoms with E-state index >= 15 is 0 Å². The molecule has 0 aliphatic carbocycles. The Morgan fingerprint density at radius 1 is 0.938 bits per heavy atom. The van der Waals surface area contributed by atoms with Gasteiger partial charge in [-0.3, -0.25) is 0 Å². The van der Waals surface area contributed by atoms with Gasteiger partial charge in [0.15, 0.2) is 11.0 Å². The monoisotopic (exact) mass is 352 g/mol. The summed E-state index contributed by atoms with van der Waals surface area (Å²) in [6.45, 7) is 0. The molecule has 0 fully saturated rings. The summed E-state index contributed by atoms with van der Waals surface area (Å²) in [6, 6.07) is -1.00. The molecule has 0 aromatic rings. The van der Waals surface area contributed by atoms with Gasteiger partial charge >= 0.3 is 6.03 Å². The number of hydrogen-bond donors (Lipinski definition) is 4. The highest BCUT2D eigenvalue weighted by Gasteiger charge is 2.35. The Kier molecular flexibility index (Phi) is 6.56. The number of hydrogen-bond acceptors (Lipinski definition) is 3. The van der Waals surface area contributed by atoms with Crippen molar-refractivity contribution >= 4 is 75.6 Å². The van der Waals surface area contributed by atoms with Crippen LogP contribution in [0.2, 0.25) is 0 Å². The molecule has 0 heterocycles. The molecule has 0 saturated heterocycles. The molecule has 4 N–H and O–H groups in total. The van der Waals surface area contributed by atoms with Crippen molar-refractivity contribution in [1.29, 1.82) is 0 Å². The second kappa shape index (κ2) is 6.20. The van der Waals surface area contributed by atoms with E-state index in [1.54, 1.807) is 0 Å². The molecule has 2 amide bonds. The highest BCUT2D eigenvalue weighted by atomic mass is 35.5. The van der Waals surface area contributed by atoms with Crippen LogP contribution < -0.4 is 10.6 Å². The minimum atomic E-state index is -2.38. The van der Waals surface area contributed by atoms with Crippen molar-refractivity contribution in [3.63, 3.8) is 0 Å². The quantitative estimate of drug-likeness (QED) is 0.458. The van der Waals surface area contributed by atoms with E-state index in [9.17, 15) is 4.79 Å². The Labute approximate surface area is 121 Å². The molecule has 0 bridgehead atoms. The van der Waals surface area contributed by atoms with Crippen molar-refractivity contribution in [3.05, 3.63) is 0 Å². The number of rotatable bonds is 4. The van der Waals surface area contributed by atoms with Crippen LogP contribution in [-0.4, -0.2) is 36.3 Å². The molecule has 11 heteroatoms. The molecule has 0 aromatic heterocycles. The minimum Gasteiger partial charge on any atom is -0.360 e. The summed E-state index contributed by atoms with van der Waals surface area (Å²) in [5.41, 5.74) is -3.03. The summed E-state index contributed by atoms with van der Waals surface area (Å²) in [5.74, 6) is 0. The lowest BCUT2D eigenvalue weighted by molar-refractivity contribution is 0.178. The fourth-order valence-electron chi connectivity index (χ4n) is 0.446. The Hall–Kier alpha value is 0.930. The third-order valence-electron chi connectivity index (χ3n) is 1.13. The van der Waals surface area contributed by atoms with Crippen molar-refractivity contribution in [2.75, 3.05) is 0 Å². The lowest BCUT2D eigenvalue weighted by Gasteiger charge is -2.23. The molecule has 16 heavy (non-hydrogen) atoms. The number of aliphatic hydroxyl groups is 2. The lowest BCUT2D eigenvalue weighted by atomic mass is 10.6. The van der Waals surface area contributed by atoms with E-state index < -0.39 is 26.1 Å². The average molecular weight is 355 g/mol. The van der Waals surface area contributed by atoms with E-state index in [-0.39, 0.29) is 0 Å². The van der Waals surface area contributed by atoms with Crippen LogP contribution in [0.25, 0.3) is 0 Å². The average Bonchev–Trinajstić information content (AvgIpc) is 1.99. The largest absolute Gasteiger partial charge is 0.360 e. The molecule has 0 radical (unpaired) electrons. The van der Waals surface area contributed by atoms with Gasteiger partial charge in [0.25, 0.3) is 0 Å². The van der Waals surface area contributed by atoms with Crippen molar-refractivity contribution in [3.8, 4) is 0 Å². The number of alkyl halides is 6. The molecule has 2 unspecified atom stereocenters. The zero-order valence-electron chi connectivity index (χ0n) is 7.23. The second-order valence-electron chi connectivity index (χ2n) is 2.52. The van der Waals surface area contributed by atoms with Crippen LogP contribution in [0.3, 0.4) is 0 Å². The maximum atomic E-state index is 11.1. The molecule has 5 nitrogen and oxygen atoms in total. The van der Waals surface area contributed by atoms with E-state index in [4.69, 9.17) is 79.8 Å². The van der Waals surface area contributed by atoms with Gasteiger partial charge in [0.2, 0.25) is 9.04 Å². The van der Waals surface area contributed by atoms with E-state index in [1.807, 2.05) is 10.6 Å². The minimum absolute atomic E-state index is 1.00. The number of nitrogens with one attached hydrogen (secondary N) is 2. The molecule has 0 aliphatic rings. The Morgan fingerprint density at radius 3 is 1.38 bits per heavy atom. The van der Waals surface area contributed by atoms with E-state index in [2.05, 4.69) is 0 Å². The van der Waals surface area contributed by atoms with Crippen molar-refractivity contribution in [2.24, 2.45) is 0 Å². The fraction of sp³-hybridized carbons (Fsp3) is 0.800. The molecule has 0 aliphatic heterocycles. The van der Waals surface area contributed by atoms with Crippen LogP contribution in [0, 0.1) is 0 Å². The highest BCUT2D eigenvalue weighted by molar-refractivity contribution is 6.51. The zero-order valence-corrected chi connectivity index (χ0v) is 11.8. The van der Waals surface area contributed by atoms with Gasteiger partial charge in [0.05, 0.1) is 0 Å². The lowest BCUT2D eigenvalue weighted by Crippen LogP contribution is -2.51. The maximum Gasteiger partial charge on any atom is 0.317 e. The second-order valence-corrected chi connectivity index (χ2v) is 6.08. The fourth-order valence-corrected chi connectivity index (χ4v) is 0.862. The van der Waals surface area contributed by atoms with E-state index in [0.717, 1.165) is 0 Å². The van der Waals surface area contributed by atoms with Gasteiger partial charge in [-0.1, -0.05) is 69.6 Å². The highest BCUT2D eigenvalue weighted by Crippen LogP contribution is 2.25. The number of halogens is 6. The normalized spacial score (nSPS) is 16.5. The number of carbonyl (C=O) groups excluding carboxylic acids is 1. The summed E-state index contributed by atoms with van der Waals surface area (Å²) < 4.78 is -4.75. The van der Waals surface area contributed by atoms with Crippen LogP contribution in [0.4, 0.5) is 4.79 Å². The summed E-state index contributed by atoms with van der Waals surface area (Å²) in [7, 11) is 0. The first-order chi connectivity index (χ1) is 6.94. The molecule has 0 aromatic carbocycles. The number of carbonyl (C=O) groups is 1. The molecular weight excluding hydrogens is 349 g/mol. The number of amides is 2. The summed E-state index contributed by atoms with van der Waals surface area (Å²) in [6.07, 6.45) is 0. The van der Waals surface area contributed by atoms with Gasteiger partial charge < -0.3 is 20.8 Å². The molecular formula is C5H6Cl6N2O3. The maximum absolute atomic E-state index is 11.1. The van der Waals surface area contributed by atoms with Crippen molar-refractivity contribution in [1.82, 2.24) is 10.6 Å². The zero-order chi connectivity index (χ0) is 13.1. The van der Waals surface area contributed by atoms with Crippen LogP contribution in [-0.2, 0) is 0 Å². The van der Waals surface area contributed by atoms with Gasteiger partial charge in [-0.05, 0) is 0 Å². The topological polar surface area (TPSA) is 81.6 Å². The Morgan fingerprint density at radius 2 is 1.19 bits per heavy atom. The Bertz CT molecular complexity index is 228. The Balaban J connectivity index is 4.21. The van der Waals surface area contributed by atoms with Gasteiger partial charge in [-0.15, -0.1) is 0 Å². The first-order valence-electron chi connectivity index (χ1n) is 3.50. The van der Waals surface area contributed by atoms with Crippen molar-refractivity contribution in [2.45, 2.75) is 20.0 Å². The molecule has 0 spiro atoms. The van der Waals surface area contributed by atoms with Gasteiger partial charge in [-0.25, -0.2) is 4.79 Å². The van der Waals surface area contributed by atoms with E-state index in [1.165, 1.54) is 0 Å². The van der Waals surface area contributed by atoms with Crippen LogP contribution in [0.5, 0.6) is 0 Å². The van der Waals surface area contributed by atoms with Gasteiger partial charge in [0, 0.05) is 0 Å². The molecule has 2 atom stereocenters. The summed E-state index contributed by atoms with van der Waals surface area (Å²) in [5, 5.41) is 21.7. The molecule has 96 valence electrons. The first-order valence-corrected chi connectivity index (χ1v) is 5.88. The SMILES string of the molecule is O=C(NC(Cl)C(O)(Cl)Cl)NC(Cl)C(O)(Cl)Cl. The summed E-state index contributed by atoms with van der Waals surface area (Å²) >= 11 is 31.4. The number of urea groups is 1. The summed E-state index contributed by atoms with van der Waals surface area (Å²) in [4.78, 5) is 11.1. The predicted octanol–water partition coefficient (Wildman–Crippen LogP) is 1.66. The standard InChI is InChI=1S/C5H6Cl6N2O3/c6-1(4(8,9)15)12-3(14)13-2(7)5(10,11)16/h1-2,15-16H,(H2,12,13,14). The smallest absolute Gasteiger partial charge is 0.317 e. The third-order valence-corrected chi connectivity index (χ3v) is 3.29. The van der Waals surface area contributed by atoms with Gasteiger partial charge in [0.1, 0.15) is 0 Å². The predicted molar refractivity (Wildman–Crippen MR) is 64.3 cm³/mol. The molecule has 0 saturated carbocycles. The van der Waals surface area contributed by atoms with Crippen LogP contribution >= 0.6 is 69.6 Å². The van der Waals surface area contributed by atoms with Crippen LogP contribution in [0.1, 0.15) is 0 Å². The van der Waals surface area contributed by atoms with Crippen LogP contribution in [0.15, 0.2) is 0 Å². The van der Waals surface area contributed by atoms with E-state index in [0.29, 0.717) is 0 Å². The first kappa shape index (κ1) is 16.9. The van der Waals surface area contributed by atoms with Crippen molar-refractivity contribution < 1.29 is 15.0 Å². The van der Waals surface area contributed by atoms with Gasteiger partial charge in [-0.2, -0.15) is 0 Å². The third kappa shape index (κ3) is 6.61. The molecule has 0 rings (SSSR count).